The first-order chi connectivity index (χ1) is 15.0. The predicted molar refractivity (Wildman–Crippen MR) is 123 cm³/mol. The SMILES string of the molecule is CC(C)c1ccc(-c2nnn([C@@H](C)C(=O)Nc3ccccc3-c3ccccc3)n2)cc1. The molecule has 0 aliphatic carbocycles. The van der Waals surface area contributed by atoms with Crippen LogP contribution in [0.4, 0.5) is 5.69 Å². The van der Waals surface area contributed by atoms with Gasteiger partial charge >= 0.3 is 0 Å². The number of para-hydroxylation sites is 1. The average molecular weight is 412 g/mol. The van der Waals surface area contributed by atoms with Crippen molar-refractivity contribution in [3.63, 3.8) is 0 Å². The van der Waals surface area contributed by atoms with Crippen molar-refractivity contribution < 1.29 is 4.79 Å². The Bertz CT molecular complexity index is 1170. The van der Waals surface area contributed by atoms with E-state index in [1.54, 1.807) is 6.92 Å². The third-order valence-corrected chi connectivity index (χ3v) is 5.26. The molecule has 0 radical (unpaired) electrons. The van der Waals surface area contributed by atoms with E-state index in [0.29, 0.717) is 11.7 Å². The first-order valence-electron chi connectivity index (χ1n) is 10.4. The van der Waals surface area contributed by atoms with E-state index in [9.17, 15) is 4.79 Å². The lowest BCUT2D eigenvalue weighted by molar-refractivity contribution is -0.119. The van der Waals surface area contributed by atoms with Gasteiger partial charge in [0.25, 0.3) is 5.91 Å². The lowest BCUT2D eigenvalue weighted by atomic mass is 10.0. The Morgan fingerprint density at radius 2 is 1.52 bits per heavy atom. The van der Waals surface area contributed by atoms with Crippen LogP contribution in [0.2, 0.25) is 0 Å². The quantitative estimate of drug-likeness (QED) is 0.465. The fourth-order valence-corrected chi connectivity index (χ4v) is 3.33. The van der Waals surface area contributed by atoms with Crippen LogP contribution < -0.4 is 5.32 Å². The van der Waals surface area contributed by atoms with Gasteiger partial charge in [0.15, 0.2) is 0 Å². The van der Waals surface area contributed by atoms with E-state index in [1.165, 1.54) is 10.4 Å². The van der Waals surface area contributed by atoms with Crippen LogP contribution in [-0.2, 0) is 4.79 Å². The summed E-state index contributed by atoms with van der Waals surface area (Å²) in [4.78, 5) is 14.3. The minimum absolute atomic E-state index is 0.206. The van der Waals surface area contributed by atoms with Crippen LogP contribution in [-0.4, -0.2) is 26.1 Å². The van der Waals surface area contributed by atoms with Crippen LogP contribution in [0.3, 0.4) is 0 Å². The molecule has 0 fully saturated rings. The highest BCUT2D eigenvalue weighted by molar-refractivity contribution is 5.97. The van der Waals surface area contributed by atoms with Crippen LogP contribution in [0.25, 0.3) is 22.5 Å². The van der Waals surface area contributed by atoms with Crippen LogP contribution in [0.15, 0.2) is 78.9 Å². The number of anilines is 1. The van der Waals surface area contributed by atoms with Crippen molar-refractivity contribution in [2.45, 2.75) is 32.7 Å². The molecule has 0 saturated heterocycles. The summed E-state index contributed by atoms with van der Waals surface area (Å²) >= 11 is 0. The summed E-state index contributed by atoms with van der Waals surface area (Å²) < 4.78 is 0. The maximum Gasteiger partial charge on any atom is 0.250 e. The van der Waals surface area contributed by atoms with Gasteiger partial charge in [-0.3, -0.25) is 4.79 Å². The second-order valence-electron chi connectivity index (χ2n) is 7.79. The summed E-state index contributed by atoms with van der Waals surface area (Å²) in [5, 5.41) is 15.7. The van der Waals surface area contributed by atoms with Crippen molar-refractivity contribution in [1.82, 2.24) is 20.2 Å². The number of hydrogen-bond acceptors (Lipinski definition) is 4. The molecule has 0 saturated carbocycles. The van der Waals surface area contributed by atoms with Crippen molar-refractivity contribution in [1.29, 1.82) is 0 Å². The maximum absolute atomic E-state index is 12.9. The van der Waals surface area contributed by atoms with E-state index in [0.717, 1.165) is 22.4 Å². The molecule has 156 valence electrons. The third kappa shape index (κ3) is 4.53. The van der Waals surface area contributed by atoms with E-state index in [1.807, 2.05) is 66.7 Å². The summed E-state index contributed by atoms with van der Waals surface area (Å²) in [5.74, 6) is 0.752. The molecule has 1 N–H and O–H groups in total. The van der Waals surface area contributed by atoms with Crippen molar-refractivity contribution in [2.24, 2.45) is 0 Å². The fourth-order valence-electron chi connectivity index (χ4n) is 3.33. The summed E-state index contributed by atoms with van der Waals surface area (Å²) in [7, 11) is 0. The van der Waals surface area contributed by atoms with E-state index < -0.39 is 6.04 Å². The Morgan fingerprint density at radius 3 is 2.23 bits per heavy atom. The molecule has 1 atom stereocenters. The van der Waals surface area contributed by atoms with Crippen LogP contribution >= 0.6 is 0 Å². The predicted octanol–water partition coefficient (Wildman–Crippen LogP) is 5.33. The summed E-state index contributed by atoms with van der Waals surface area (Å²) in [6, 6.07) is 25.2. The molecule has 1 amide bonds. The molecule has 1 aromatic heterocycles. The third-order valence-electron chi connectivity index (χ3n) is 5.26. The molecule has 31 heavy (non-hydrogen) atoms. The molecular weight excluding hydrogens is 386 g/mol. The highest BCUT2D eigenvalue weighted by Gasteiger charge is 2.20. The first kappa shape index (κ1) is 20.5. The molecule has 0 bridgehead atoms. The van der Waals surface area contributed by atoms with Gasteiger partial charge in [0.1, 0.15) is 6.04 Å². The summed E-state index contributed by atoms with van der Waals surface area (Å²) in [6.45, 7) is 6.06. The minimum atomic E-state index is -0.611. The zero-order valence-electron chi connectivity index (χ0n) is 17.9. The van der Waals surface area contributed by atoms with E-state index in [-0.39, 0.29) is 5.91 Å². The van der Waals surface area contributed by atoms with E-state index in [4.69, 9.17) is 0 Å². The Hall–Kier alpha value is -3.80. The Kier molecular flexibility index (Phi) is 5.89. The number of nitrogens with one attached hydrogen (secondary N) is 1. The molecule has 4 rings (SSSR count). The molecule has 4 aromatic rings. The van der Waals surface area contributed by atoms with Crippen molar-refractivity contribution in [3.05, 3.63) is 84.4 Å². The van der Waals surface area contributed by atoms with Gasteiger partial charge in [0.05, 0.1) is 0 Å². The summed E-state index contributed by atoms with van der Waals surface area (Å²) in [6.07, 6.45) is 0. The molecule has 1 heterocycles. The molecular formula is C25H25N5O. The Labute approximate surface area is 181 Å². The molecule has 0 spiro atoms. The molecule has 6 nitrogen and oxygen atoms in total. The Morgan fingerprint density at radius 1 is 0.839 bits per heavy atom. The van der Waals surface area contributed by atoms with E-state index >= 15 is 0 Å². The largest absolute Gasteiger partial charge is 0.324 e. The van der Waals surface area contributed by atoms with Gasteiger partial charge < -0.3 is 5.32 Å². The highest BCUT2D eigenvalue weighted by atomic mass is 16.2. The minimum Gasteiger partial charge on any atom is -0.324 e. The zero-order chi connectivity index (χ0) is 21.8. The van der Waals surface area contributed by atoms with Crippen molar-refractivity contribution in [2.75, 3.05) is 5.32 Å². The van der Waals surface area contributed by atoms with Gasteiger partial charge in [-0.2, -0.15) is 4.80 Å². The standard InChI is InChI=1S/C25H25N5O/c1-17(2)19-13-15-21(16-14-19)24-27-29-30(28-24)18(3)25(31)26-23-12-8-7-11-22(23)20-9-5-4-6-10-20/h4-18H,1-3H3,(H,26,31)/t18-/m0/s1. The second-order valence-corrected chi connectivity index (χ2v) is 7.79. The van der Waals surface area contributed by atoms with Gasteiger partial charge in [-0.05, 0) is 35.2 Å². The number of nitrogens with zero attached hydrogens (tertiary/aromatic N) is 4. The average Bonchev–Trinajstić information content (AvgIpc) is 3.30. The van der Waals surface area contributed by atoms with Gasteiger partial charge in [-0.15, -0.1) is 10.2 Å². The highest BCUT2D eigenvalue weighted by Crippen LogP contribution is 2.28. The lowest BCUT2D eigenvalue weighted by Crippen LogP contribution is -2.25. The molecule has 0 aliphatic rings. The van der Waals surface area contributed by atoms with Crippen LogP contribution in [0.1, 0.15) is 38.3 Å². The maximum atomic E-state index is 12.9. The number of carbonyl (C=O) groups excluding carboxylic acids is 1. The fraction of sp³-hybridized carbons (Fsp3) is 0.200. The Balaban J connectivity index is 1.51. The van der Waals surface area contributed by atoms with Crippen molar-refractivity contribution in [3.8, 4) is 22.5 Å². The second kappa shape index (κ2) is 8.92. The summed E-state index contributed by atoms with van der Waals surface area (Å²) in [5.41, 5.74) is 4.87. The number of hydrogen-bond donors (Lipinski definition) is 1. The lowest BCUT2D eigenvalue weighted by Gasteiger charge is -2.14. The number of rotatable bonds is 6. The molecule has 0 aliphatic heterocycles. The topological polar surface area (TPSA) is 72.7 Å². The van der Waals surface area contributed by atoms with E-state index in [2.05, 4.69) is 46.7 Å². The monoisotopic (exact) mass is 411 g/mol. The van der Waals surface area contributed by atoms with Crippen LogP contribution in [0.5, 0.6) is 0 Å². The smallest absolute Gasteiger partial charge is 0.250 e. The van der Waals surface area contributed by atoms with Crippen LogP contribution in [0, 0.1) is 0 Å². The molecule has 6 heteroatoms. The number of benzene rings is 3. The number of aromatic nitrogens is 4. The van der Waals surface area contributed by atoms with Gasteiger partial charge in [-0.25, -0.2) is 0 Å². The zero-order valence-corrected chi connectivity index (χ0v) is 17.9. The van der Waals surface area contributed by atoms with Gasteiger partial charge in [0.2, 0.25) is 5.82 Å². The van der Waals surface area contributed by atoms with Crippen molar-refractivity contribution >= 4 is 11.6 Å². The number of tetrazole rings is 1. The van der Waals surface area contributed by atoms with Gasteiger partial charge in [-0.1, -0.05) is 86.6 Å². The molecule has 0 unspecified atom stereocenters. The normalized spacial score (nSPS) is 12.0. The number of carbonyl (C=O) groups is 1. The number of amides is 1. The first-order valence-corrected chi connectivity index (χ1v) is 10.4. The molecule has 3 aromatic carbocycles. The van der Waals surface area contributed by atoms with Gasteiger partial charge in [0, 0.05) is 16.8 Å².